The van der Waals surface area contributed by atoms with E-state index in [1.54, 1.807) is 24.3 Å². The zero-order valence-electron chi connectivity index (χ0n) is 18.4. The van der Waals surface area contributed by atoms with E-state index < -0.39 is 0 Å². The zero-order valence-corrected chi connectivity index (χ0v) is 18.4. The van der Waals surface area contributed by atoms with Gasteiger partial charge in [-0.1, -0.05) is 6.92 Å². The summed E-state index contributed by atoms with van der Waals surface area (Å²) in [4.78, 5) is 28.9. The second-order valence-corrected chi connectivity index (χ2v) is 8.55. The molecule has 2 aliphatic heterocycles. The Labute approximate surface area is 179 Å². The Morgan fingerprint density at radius 3 is 2.33 bits per heavy atom. The Balaban J connectivity index is 1.42. The number of carbonyl (C=O) groups excluding carboxylic acids is 2. The van der Waals surface area contributed by atoms with Crippen LogP contribution in [0.3, 0.4) is 0 Å². The van der Waals surface area contributed by atoms with Gasteiger partial charge >= 0.3 is 12.0 Å². The van der Waals surface area contributed by atoms with Crippen LogP contribution in [0, 0.1) is 5.92 Å². The molecule has 2 amide bonds. The number of rotatable bonds is 6. The minimum atomic E-state index is -0.333. The second kappa shape index (κ2) is 10.8. The van der Waals surface area contributed by atoms with Crippen LogP contribution in [-0.4, -0.2) is 73.3 Å². The molecule has 7 nitrogen and oxygen atoms in total. The van der Waals surface area contributed by atoms with Gasteiger partial charge in [0.15, 0.2) is 0 Å². The number of likely N-dealkylation sites (tertiary alicyclic amines) is 1. The summed E-state index contributed by atoms with van der Waals surface area (Å²) in [5.41, 5.74) is 1.18. The van der Waals surface area contributed by atoms with Gasteiger partial charge in [0.2, 0.25) is 0 Å². The Bertz CT molecular complexity index is 691. The van der Waals surface area contributed by atoms with E-state index in [9.17, 15) is 9.59 Å². The van der Waals surface area contributed by atoms with E-state index in [1.807, 2.05) is 11.8 Å². The number of anilines is 1. The molecule has 3 rings (SSSR count). The average molecular weight is 418 g/mol. The molecule has 7 heteroatoms. The normalized spacial score (nSPS) is 23.2. The van der Waals surface area contributed by atoms with Crippen LogP contribution in [0.5, 0.6) is 0 Å². The lowest BCUT2D eigenvalue weighted by Crippen LogP contribution is -2.49. The fourth-order valence-electron chi connectivity index (χ4n) is 4.29. The van der Waals surface area contributed by atoms with Crippen LogP contribution in [0.25, 0.3) is 0 Å². The summed E-state index contributed by atoms with van der Waals surface area (Å²) in [5.74, 6) is 0.292. The van der Waals surface area contributed by atoms with E-state index in [0.29, 0.717) is 36.0 Å². The number of urea groups is 1. The van der Waals surface area contributed by atoms with Crippen molar-refractivity contribution in [1.82, 2.24) is 9.80 Å². The summed E-state index contributed by atoms with van der Waals surface area (Å²) in [6, 6.07) is 6.78. The van der Waals surface area contributed by atoms with Gasteiger partial charge in [0.05, 0.1) is 24.4 Å². The maximum Gasteiger partial charge on any atom is 0.338 e. The second-order valence-electron chi connectivity index (χ2n) is 8.55. The number of ether oxygens (including phenoxy) is 2. The summed E-state index contributed by atoms with van der Waals surface area (Å²) in [7, 11) is 0. The molecule has 1 N–H and O–H groups in total. The highest BCUT2D eigenvalue weighted by molar-refractivity contribution is 5.92. The molecule has 0 spiro atoms. The predicted molar refractivity (Wildman–Crippen MR) is 117 cm³/mol. The van der Waals surface area contributed by atoms with Gasteiger partial charge in [-0.25, -0.2) is 9.59 Å². The van der Waals surface area contributed by atoms with Crippen molar-refractivity contribution in [1.29, 1.82) is 0 Å². The molecule has 1 aromatic rings. The molecule has 2 heterocycles. The van der Waals surface area contributed by atoms with Gasteiger partial charge in [0.25, 0.3) is 0 Å². The zero-order chi connectivity index (χ0) is 21.5. The summed E-state index contributed by atoms with van der Waals surface area (Å²) >= 11 is 0. The topological polar surface area (TPSA) is 71.1 Å². The highest BCUT2D eigenvalue weighted by Gasteiger charge is 2.28. The number of nitrogens with one attached hydrogen (secondary N) is 1. The van der Waals surface area contributed by atoms with Crippen molar-refractivity contribution >= 4 is 17.7 Å². The molecular weight excluding hydrogens is 382 g/mol. The number of esters is 1. The van der Waals surface area contributed by atoms with Gasteiger partial charge in [-0.2, -0.15) is 0 Å². The number of benzene rings is 1. The first-order chi connectivity index (χ1) is 14.4. The molecule has 2 atom stereocenters. The van der Waals surface area contributed by atoms with Gasteiger partial charge in [0, 0.05) is 38.4 Å². The van der Waals surface area contributed by atoms with Gasteiger partial charge in [-0.15, -0.1) is 0 Å². The van der Waals surface area contributed by atoms with E-state index in [4.69, 9.17) is 9.47 Å². The van der Waals surface area contributed by atoms with Gasteiger partial charge in [-0.3, -0.25) is 4.90 Å². The number of hydrogen-bond donors (Lipinski definition) is 1. The van der Waals surface area contributed by atoms with Crippen LogP contribution in [0.2, 0.25) is 0 Å². The van der Waals surface area contributed by atoms with Crippen molar-refractivity contribution in [3.63, 3.8) is 0 Å². The van der Waals surface area contributed by atoms with Crippen LogP contribution in [0.15, 0.2) is 24.3 Å². The van der Waals surface area contributed by atoms with Crippen LogP contribution in [0.4, 0.5) is 10.5 Å². The maximum atomic E-state index is 12.6. The number of nitrogens with zero attached hydrogens (tertiary/aromatic N) is 2. The maximum absolute atomic E-state index is 12.6. The average Bonchev–Trinajstić information content (AvgIpc) is 2.72. The Morgan fingerprint density at radius 1 is 1.10 bits per heavy atom. The third kappa shape index (κ3) is 6.44. The molecule has 0 bridgehead atoms. The molecule has 2 unspecified atom stereocenters. The molecular formula is C23H35N3O4. The highest BCUT2D eigenvalue weighted by atomic mass is 16.5. The van der Waals surface area contributed by atoms with Crippen molar-refractivity contribution in [2.75, 3.05) is 44.6 Å². The van der Waals surface area contributed by atoms with Crippen LogP contribution in [0.1, 0.15) is 50.4 Å². The van der Waals surface area contributed by atoms with E-state index in [-0.39, 0.29) is 12.0 Å². The molecule has 1 aromatic carbocycles. The summed E-state index contributed by atoms with van der Waals surface area (Å²) in [5, 5.41) is 2.94. The highest BCUT2D eigenvalue weighted by Crippen LogP contribution is 2.22. The van der Waals surface area contributed by atoms with Gasteiger partial charge in [0.1, 0.15) is 0 Å². The van der Waals surface area contributed by atoms with Crippen LogP contribution in [-0.2, 0) is 9.47 Å². The quantitative estimate of drug-likeness (QED) is 0.716. The minimum Gasteiger partial charge on any atom is -0.462 e. The standard InChI is InChI=1S/C23H35N3O4/c1-4-13-29-22(27)20-5-7-21(8-6-20)24-23(28)26-11-9-19(10-12-26)16-25-14-17(2)30-18(3)15-25/h5-8,17-19H,4,9-16H2,1-3H3,(H,24,28). The van der Waals surface area contributed by atoms with E-state index in [1.165, 1.54) is 0 Å². The largest absolute Gasteiger partial charge is 0.462 e. The SMILES string of the molecule is CCCOC(=O)c1ccc(NC(=O)N2CCC(CN3CC(C)OC(C)C3)CC2)cc1. The molecule has 0 aromatic heterocycles. The smallest absolute Gasteiger partial charge is 0.338 e. The third-order valence-electron chi connectivity index (χ3n) is 5.72. The van der Waals surface area contributed by atoms with Crippen molar-refractivity contribution in [3.8, 4) is 0 Å². The molecule has 0 saturated carbocycles. The number of carbonyl (C=O) groups is 2. The lowest BCUT2D eigenvalue weighted by atomic mass is 9.96. The van der Waals surface area contributed by atoms with Crippen molar-refractivity contribution < 1.29 is 19.1 Å². The molecule has 2 aliphatic rings. The molecule has 2 fully saturated rings. The molecule has 30 heavy (non-hydrogen) atoms. The number of piperidine rings is 1. The fourth-order valence-corrected chi connectivity index (χ4v) is 4.29. The van der Waals surface area contributed by atoms with E-state index in [2.05, 4.69) is 24.1 Å². The van der Waals surface area contributed by atoms with E-state index >= 15 is 0 Å². The molecule has 166 valence electrons. The van der Waals surface area contributed by atoms with Gasteiger partial charge in [-0.05, 0) is 63.3 Å². The van der Waals surface area contributed by atoms with Crippen molar-refractivity contribution in [3.05, 3.63) is 29.8 Å². The Kier molecular flexibility index (Phi) is 8.10. The lowest BCUT2D eigenvalue weighted by molar-refractivity contribution is -0.0728. The summed E-state index contributed by atoms with van der Waals surface area (Å²) < 4.78 is 10.9. The van der Waals surface area contributed by atoms with Gasteiger partial charge < -0.3 is 19.7 Å². The first kappa shape index (κ1) is 22.6. The van der Waals surface area contributed by atoms with Crippen molar-refractivity contribution in [2.24, 2.45) is 5.92 Å². The van der Waals surface area contributed by atoms with Crippen LogP contribution < -0.4 is 5.32 Å². The first-order valence-electron chi connectivity index (χ1n) is 11.2. The lowest BCUT2D eigenvalue weighted by Gasteiger charge is -2.39. The van der Waals surface area contributed by atoms with E-state index in [0.717, 1.165) is 52.0 Å². The third-order valence-corrected chi connectivity index (χ3v) is 5.72. The molecule has 0 radical (unpaired) electrons. The minimum absolute atomic E-state index is 0.0802. The Hall–Kier alpha value is -2.12. The summed E-state index contributed by atoms with van der Waals surface area (Å²) in [6.45, 7) is 11.3. The monoisotopic (exact) mass is 417 g/mol. The molecule has 0 aliphatic carbocycles. The molecule has 2 saturated heterocycles. The number of hydrogen-bond acceptors (Lipinski definition) is 5. The Morgan fingerprint density at radius 2 is 1.73 bits per heavy atom. The number of morpholine rings is 1. The van der Waals surface area contributed by atoms with Crippen LogP contribution >= 0.6 is 0 Å². The summed E-state index contributed by atoms with van der Waals surface area (Å²) in [6.07, 6.45) is 3.42. The fraction of sp³-hybridized carbons (Fsp3) is 0.652. The first-order valence-corrected chi connectivity index (χ1v) is 11.2. The predicted octanol–water partition coefficient (Wildman–Crippen LogP) is 3.61. The number of amides is 2. The van der Waals surface area contributed by atoms with Crippen molar-refractivity contribution in [2.45, 2.75) is 52.2 Å².